The number of halogens is 1. The molecule has 6 heteroatoms. The van der Waals surface area contributed by atoms with Gasteiger partial charge in [-0.2, -0.15) is 0 Å². The Balaban J connectivity index is 2.71. The number of ether oxygens (including phenoxy) is 1. The number of anilines is 1. The summed E-state index contributed by atoms with van der Waals surface area (Å²) >= 11 is 6.05. The van der Waals surface area contributed by atoms with Crippen LogP contribution in [0.3, 0.4) is 0 Å². The molecule has 1 aromatic carbocycles. The van der Waals surface area contributed by atoms with E-state index in [1.165, 1.54) is 13.2 Å². The van der Waals surface area contributed by atoms with E-state index < -0.39 is 0 Å². The van der Waals surface area contributed by atoms with Gasteiger partial charge >= 0.3 is 0 Å². The number of aromatic hydroxyl groups is 1. The first-order valence-corrected chi connectivity index (χ1v) is 5.21. The molecular weight excluding hydrogens is 244 g/mol. The highest BCUT2D eigenvalue weighted by Gasteiger charge is 2.19. The summed E-state index contributed by atoms with van der Waals surface area (Å²) < 4.78 is 9.80. The van der Waals surface area contributed by atoms with Crippen molar-refractivity contribution >= 4 is 17.5 Å². The maximum absolute atomic E-state index is 10.1. The van der Waals surface area contributed by atoms with E-state index in [4.69, 9.17) is 26.6 Å². The summed E-state index contributed by atoms with van der Waals surface area (Å²) in [6, 6.07) is 3.05. The summed E-state index contributed by atoms with van der Waals surface area (Å²) in [6.45, 7) is 1.77. The van der Waals surface area contributed by atoms with Gasteiger partial charge in [0.15, 0.2) is 11.5 Å². The number of rotatable bonds is 2. The van der Waals surface area contributed by atoms with Crippen LogP contribution in [0.4, 0.5) is 5.88 Å². The highest BCUT2D eigenvalue weighted by Crippen LogP contribution is 2.42. The van der Waals surface area contributed by atoms with Gasteiger partial charge in [-0.3, -0.25) is 0 Å². The number of nitrogens with two attached hydrogens (primary N) is 1. The van der Waals surface area contributed by atoms with Crippen molar-refractivity contribution in [3.63, 3.8) is 0 Å². The van der Waals surface area contributed by atoms with E-state index in [0.717, 1.165) is 0 Å². The summed E-state index contributed by atoms with van der Waals surface area (Å²) in [5.41, 5.74) is 7.00. The third-order valence-corrected chi connectivity index (χ3v) is 2.86. The molecule has 0 unspecified atom stereocenters. The molecule has 0 saturated carbocycles. The molecule has 0 radical (unpaired) electrons. The fraction of sp³-hybridized carbons (Fsp3) is 0.182. The Hall–Kier alpha value is -1.88. The van der Waals surface area contributed by atoms with Gasteiger partial charge in [-0.25, -0.2) is 0 Å². The van der Waals surface area contributed by atoms with E-state index in [9.17, 15) is 5.11 Å². The van der Waals surface area contributed by atoms with Gasteiger partial charge in [0.2, 0.25) is 5.88 Å². The van der Waals surface area contributed by atoms with Crippen molar-refractivity contribution < 1.29 is 14.4 Å². The van der Waals surface area contributed by atoms with Crippen molar-refractivity contribution in [3.05, 3.63) is 22.7 Å². The molecule has 0 aliphatic carbocycles. The van der Waals surface area contributed by atoms with Gasteiger partial charge in [0.25, 0.3) is 0 Å². The minimum atomic E-state index is -0.0392. The summed E-state index contributed by atoms with van der Waals surface area (Å²) in [5.74, 6) is 0.401. The van der Waals surface area contributed by atoms with Gasteiger partial charge < -0.3 is 20.1 Å². The van der Waals surface area contributed by atoms with Gasteiger partial charge in [0.05, 0.1) is 12.7 Å². The van der Waals surface area contributed by atoms with E-state index in [-0.39, 0.29) is 17.4 Å². The van der Waals surface area contributed by atoms with Crippen LogP contribution in [0, 0.1) is 6.92 Å². The minimum Gasteiger partial charge on any atom is -0.504 e. The lowest BCUT2D eigenvalue weighted by atomic mass is 10.0. The second-order valence-electron chi connectivity index (χ2n) is 3.52. The molecule has 17 heavy (non-hydrogen) atoms. The number of benzene rings is 1. The van der Waals surface area contributed by atoms with Gasteiger partial charge in [0.1, 0.15) is 5.69 Å². The Bertz CT molecular complexity index is 566. The summed E-state index contributed by atoms with van der Waals surface area (Å²) in [7, 11) is 1.45. The Labute approximate surface area is 103 Å². The van der Waals surface area contributed by atoms with Gasteiger partial charge in [-0.1, -0.05) is 16.8 Å². The lowest BCUT2D eigenvalue weighted by Crippen LogP contribution is -1.91. The highest BCUT2D eigenvalue weighted by atomic mass is 35.5. The molecule has 2 aromatic rings. The first kappa shape index (κ1) is 11.6. The molecule has 5 nitrogen and oxygen atoms in total. The summed E-state index contributed by atoms with van der Waals surface area (Å²) in [6.07, 6.45) is 0. The van der Waals surface area contributed by atoms with Gasteiger partial charge in [-0.05, 0) is 12.5 Å². The smallest absolute Gasteiger partial charge is 0.222 e. The van der Waals surface area contributed by atoms with Crippen LogP contribution >= 0.6 is 11.6 Å². The average Bonchev–Trinajstić information content (AvgIpc) is 2.70. The van der Waals surface area contributed by atoms with Crippen molar-refractivity contribution in [2.45, 2.75) is 6.92 Å². The summed E-state index contributed by atoms with van der Waals surface area (Å²) in [4.78, 5) is 0. The fourth-order valence-electron chi connectivity index (χ4n) is 1.59. The van der Waals surface area contributed by atoms with E-state index in [2.05, 4.69) is 5.16 Å². The molecule has 0 aliphatic rings. The number of hydrogen-bond acceptors (Lipinski definition) is 5. The molecule has 0 amide bonds. The van der Waals surface area contributed by atoms with Crippen LogP contribution in [0.2, 0.25) is 5.02 Å². The zero-order valence-electron chi connectivity index (χ0n) is 9.32. The van der Waals surface area contributed by atoms with Crippen LogP contribution < -0.4 is 10.5 Å². The molecule has 1 aromatic heterocycles. The monoisotopic (exact) mass is 254 g/mol. The predicted molar refractivity (Wildman–Crippen MR) is 64.3 cm³/mol. The van der Waals surface area contributed by atoms with E-state index >= 15 is 0 Å². The first-order chi connectivity index (χ1) is 8.04. The topological polar surface area (TPSA) is 81.5 Å². The highest BCUT2D eigenvalue weighted by molar-refractivity contribution is 6.32. The van der Waals surface area contributed by atoms with Crippen molar-refractivity contribution in [2.24, 2.45) is 0 Å². The molecule has 1 heterocycles. The molecule has 0 bridgehead atoms. The predicted octanol–water partition coefficient (Wildman–Crippen LogP) is 2.60. The molecular formula is C11H11ClN2O3. The zero-order chi connectivity index (χ0) is 12.6. The number of aromatic nitrogens is 1. The zero-order valence-corrected chi connectivity index (χ0v) is 10.1. The lowest BCUT2D eigenvalue weighted by Gasteiger charge is -2.11. The Morgan fingerprint density at radius 3 is 2.71 bits per heavy atom. The second kappa shape index (κ2) is 4.18. The standard InChI is InChI=1S/C11H11ClN2O3/c1-5-6(12)3-8(16-2)11(15)10(5)7-4-9(13)17-14-7/h3-4,15H,13H2,1-2H3. The van der Waals surface area contributed by atoms with Crippen molar-refractivity contribution in [3.8, 4) is 22.8 Å². The molecule has 90 valence electrons. The quantitative estimate of drug-likeness (QED) is 0.861. The molecule has 0 spiro atoms. The normalized spacial score (nSPS) is 10.5. The average molecular weight is 255 g/mol. The third kappa shape index (κ3) is 1.89. The summed E-state index contributed by atoms with van der Waals surface area (Å²) in [5, 5.41) is 14.3. The molecule has 0 atom stereocenters. The van der Waals surface area contributed by atoms with Crippen LogP contribution in [0.5, 0.6) is 11.5 Å². The molecule has 0 fully saturated rings. The van der Waals surface area contributed by atoms with E-state index in [0.29, 0.717) is 21.8 Å². The first-order valence-electron chi connectivity index (χ1n) is 4.83. The largest absolute Gasteiger partial charge is 0.504 e. The van der Waals surface area contributed by atoms with Crippen molar-refractivity contribution in [1.82, 2.24) is 5.16 Å². The fourth-order valence-corrected chi connectivity index (χ4v) is 1.78. The van der Waals surface area contributed by atoms with Crippen LogP contribution in [0.25, 0.3) is 11.3 Å². The van der Waals surface area contributed by atoms with Gasteiger partial charge in [-0.15, -0.1) is 0 Å². The number of nitrogens with zero attached hydrogens (tertiary/aromatic N) is 1. The molecule has 0 aliphatic heterocycles. The maximum Gasteiger partial charge on any atom is 0.222 e. The van der Waals surface area contributed by atoms with Crippen molar-refractivity contribution in [1.29, 1.82) is 0 Å². The van der Waals surface area contributed by atoms with Crippen LogP contribution in [-0.4, -0.2) is 17.4 Å². The van der Waals surface area contributed by atoms with Crippen LogP contribution in [0.1, 0.15) is 5.56 Å². The number of methoxy groups -OCH3 is 1. The third-order valence-electron chi connectivity index (χ3n) is 2.47. The van der Waals surface area contributed by atoms with Gasteiger partial charge in [0, 0.05) is 17.2 Å². The molecule has 0 saturated heterocycles. The SMILES string of the molecule is COc1cc(Cl)c(C)c(-c2cc(N)on2)c1O. The number of phenolic OH excluding ortho intramolecular Hbond substituents is 1. The minimum absolute atomic E-state index is 0.0392. The maximum atomic E-state index is 10.1. The van der Waals surface area contributed by atoms with Crippen LogP contribution in [-0.2, 0) is 0 Å². The van der Waals surface area contributed by atoms with Crippen molar-refractivity contribution in [2.75, 3.05) is 12.8 Å². The van der Waals surface area contributed by atoms with E-state index in [1.54, 1.807) is 13.0 Å². The number of nitrogen functional groups attached to an aromatic ring is 1. The number of phenols is 1. The Morgan fingerprint density at radius 2 is 2.18 bits per heavy atom. The Morgan fingerprint density at radius 1 is 1.47 bits per heavy atom. The van der Waals surface area contributed by atoms with E-state index in [1.807, 2.05) is 0 Å². The lowest BCUT2D eigenvalue weighted by molar-refractivity contribution is 0.373. The molecule has 2 rings (SSSR count). The second-order valence-corrected chi connectivity index (χ2v) is 3.93. The molecule has 3 N–H and O–H groups in total. The Kier molecular flexibility index (Phi) is 2.85. The van der Waals surface area contributed by atoms with Crippen LogP contribution in [0.15, 0.2) is 16.7 Å². The number of hydrogen-bond donors (Lipinski definition) is 2.